The van der Waals surface area contributed by atoms with Crippen molar-refractivity contribution in [3.8, 4) is 0 Å². The van der Waals surface area contributed by atoms with Crippen molar-refractivity contribution in [3.05, 3.63) is 16.5 Å². The van der Waals surface area contributed by atoms with Crippen molar-refractivity contribution < 1.29 is 17.9 Å². The first-order valence-corrected chi connectivity index (χ1v) is 7.93. The lowest BCUT2D eigenvalue weighted by Gasteiger charge is -2.25. The van der Waals surface area contributed by atoms with E-state index in [1.165, 1.54) is 5.38 Å². The lowest BCUT2D eigenvalue weighted by Crippen LogP contribution is -2.46. The molecule has 0 radical (unpaired) electrons. The van der Waals surface area contributed by atoms with Gasteiger partial charge in [-0.2, -0.15) is 0 Å². The van der Waals surface area contributed by atoms with Gasteiger partial charge in [0.1, 0.15) is 4.21 Å². The van der Waals surface area contributed by atoms with Gasteiger partial charge in [-0.15, -0.1) is 11.3 Å². The maximum Gasteiger partial charge on any atom is 0.252 e. The molecule has 0 saturated carbocycles. The number of sulfonamides is 1. The summed E-state index contributed by atoms with van der Waals surface area (Å²) in [5.74, 6) is -0.342. The average molecular weight is 306 g/mol. The van der Waals surface area contributed by atoms with Crippen LogP contribution in [0.4, 0.5) is 0 Å². The maximum absolute atomic E-state index is 12.1. The number of carbonyl (C=O) groups excluding carboxylic acids is 1. The van der Waals surface area contributed by atoms with Crippen LogP contribution in [0.3, 0.4) is 0 Å². The summed E-state index contributed by atoms with van der Waals surface area (Å²) < 4.78 is 27.6. The van der Waals surface area contributed by atoms with E-state index in [1.54, 1.807) is 14.0 Å². The zero-order valence-electron chi connectivity index (χ0n) is 11.3. The number of rotatable bonds is 5. The molecule has 0 aliphatic heterocycles. The molecule has 0 bridgehead atoms. The Morgan fingerprint density at radius 2 is 2.11 bits per heavy atom. The van der Waals surface area contributed by atoms with Gasteiger partial charge in [-0.25, -0.2) is 13.6 Å². The van der Waals surface area contributed by atoms with Crippen LogP contribution in [0.15, 0.2) is 9.59 Å². The molecule has 1 rings (SSSR count). The van der Waals surface area contributed by atoms with Crippen molar-refractivity contribution in [1.29, 1.82) is 0 Å². The molecule has 8 heteroatoms. The first-order valence-electron chi connectivity index (χ1n) is 5.51. The maximum atomic E-state index is 12.1. The highest BCUT2D eigenvalue weighted by atomic mass is 32.2. The van der Waals surface area contributed by atoms with Crippen molar-refractivity contribution in [2.24, 2.45) is 5.14 Å². The lowest BCUT2D eigenvalue weighted by molar-refractivity contribution is 0.0819. The van der Waals surface area contributed by atoms with Gasteiger partial charge in [0.15, 0.2) is 0 Å². The number of nitrogens with one attached hydrogen (secondary N) is 1. The zero-order valence-corrected chi connectivity index (χ0v) is 12.9. The van der Waals surface area contributed by atoms with Crippen LogP contribution in [0, 0.1) is 6.92 Å². The third kappa shape index (κ3) is 4.00. The number of methoxy groups -OCH3 is 1. The van der Waals surface area contributed by atoms with Gasteiger partial charge >= 0.3 is 0 Å². The minimum atomic E-state index is -3.79. The number of amides is 1. The third-order valence-corrected chi connectivity index (χ3v) is 5.14. The molecule has 0 fully saturated rings. The third-order valence-electron chi connectivity index (χ3n) is 2.45. The summed E-state index contributed by atoms with van der Waals surface area (Å²) in [5.41, 5.74) is 0.151. The summed E-state index contributed by atoms with van der Waals surface area (Å²) >= 11 is 0.946. The van der Waals surface area contributed by atoms with Gasteiger partial charge < -0.3 is 10.1 Å². The summed E-state index contributed by atoms with van der Waals surface area (Å²) in [4.78, 5) is 12.1. The van der Waals surface area contributed by atoms with Gasteiger partial charge in [0.25, 0.3) is 5.91 Å². The molecule has 19 heavy (non-hydrogen) atoms. The Bertz CT molecular complexity index is 576. The van der Waals surface area contributed by atoms with Crippen LogP contribution in [0.1, 0.15) is 29.8 Å². The van der Waals surface area contributed by atoms with E-state index in [2.05, 4.69) is 5.32 Å². The monoisotopic (exact) mass is 306 g/mol. The fourth-order valence-corrected chi connectivity index (χ4v) is 3.69. The number of ether oxygens (including phenoxy) is 1. The quantitative estimate of drug-likeness (QED) is 0.843. The van der Waals surface area contributed by atoms with Crippen LogP contribution in [0.25, 0.3) is 0 Å². The van der Waals surface area contributed by atoms with E-state index in [1.807, 2.05) is 13.8 Å². The van der Waals surface area contributed by atoms with E-state index in [9.17, 15) is 13.2 Å². The fourth-order valence-electron chi connectivity index (χ4n) is 1.68. The standard InChI is InChI=1S/C11H18N2O4S2/c1-7-8(5-18-10(7)19(12,15)16)9(14)13-11(2,3)6-17-4/h5H,6H2,1-4H3,(H,13,14)(H2,12,15,16). The second kappa shape index (κ2) is 5.58. The molecule has 0 unspecified atom stereocenters. The Balaban J connectivity index is 3.00. The predicted molar refractivity (Wildman–Crippen MR) is 73.9 cm³/mol. The summed E-state index contributed by atoms with van der Waals surface area (Å²) in [5, 5.41) is 9.36. The Morgan fingerprint density at radius 3 is 2.53 bits per heavy atom. The molecule has 1 amide bonds. The first-order chi connectivity index (χ1) is 8.58. The normalized spacial score (nSPS) is 12.5. The van der Waals surface area contributed by atoms with Crippen LogP contribution in [-0.2, 0) is 14.8 Å². The molecule has 108 valence electrons. The smallest absolute Gasteiger partial charge is 0.252 e. The molecule has 0 saturated heterocycles. The van der Waals surface area contributed by atoms with Crippen molar-refractivity contribution in [2.75, 3.05) is 13.7 Å². The molecule has 3 N–H and O–H groups in total. The molecule has 0 aliphatic carbocycles. The predicted octanol–water partition coefficient (Wildman–Crippen LogP) is 0.859. The molecule has 0 atom stereocenters. The molecule has 0 spiro atoms. The first kappa shape index (κ1) is 16.1. The van der Waals surface area contributed by atoms with E-state index in [4.69, 9.17) is 9.88 Å². The number of hydrogen-bond donors (Lipinski definition) is 2. The van der Waals surface area contributed by atoms with Crippen LogP contribution < -0.4 is 10.5 Å². The van der Waals surface area contributed by atoms with Crippen LogP contribution in [0.2, 0.25) is 0 Å². The Morgan fingerprint density at radius 1 is 1.53 bits per heavy atom. The molecule has 0 aliphatic rings. The van der Waals surface area contributed by atoms with Crippen molar-refractivity contribution >= 4 is 27.3 Å². The number of hydrogen-bond acceptors (Lipinski definition) is 5. The van der Waals surface area contributed by atoms with Crippen molar-refractivity contribution in [2.45, 2.75) is 30.5 Å². The largest absolute Gasteiger partial charge is 0.382 e. The SMILES string of the molecule is COCC(C)(C)NC(=O)c1csc(S(N)(=O)=O)c1C. The zero-order chi connectivity index (χ0) is 14.8. The molecule has 1 heterocycles. The minimum Gasteiger partial charge on any atom is -0.382 e. The Kier molecular flexibility index (Phi) is 4.72. The lowest BCUT2D eigenvalue weighted by atomic mass is 10.1. The number of carbonyl (C=O) groups is 1. The molecule has 1 aromatic heterocycles. The number of nitrogens with two attached hydrogens (primary N) is 1. The van der Waals surface area contributed by atoms with E-state index in [-0.39, 0.29) is 10.1 Å². The van der Waals surface area contributed by atoms with Gasteiger partial charge in [-0.3, -0.25) is 4.79 Å². The Hall–Kier alpha value is -0.960. The van der Waals surface area contributed by atoms with E-state index < -0.39 is 15.6 Å². The van der Waals surface area contributed by atoms with Gasteiger partial charge in [0, 0.05) is 12.5 Å². The van der Waals surface area contributed by atoms with Gasteiger partial charge in [0.2, 0.25) is 10.0 Å². The second-order valence-electron chi connectivity index (χ2n) is 4.88. The van der Waals surface area contributed by atoms with Crippen molar-refractivity contribution in [3.63, 3.8) is 0 Å². The van der Waals surface area contributed by atoms with E-state index in [0.29, 0.717) is 17.7 Å². The molecular weight excluding hydrogens is 288 g/mol. The summed E-state index contributed by atoms with van der Waals surface area (Å²) in [6.45, 7) is 5.55. The van der Waals surface area contributed by atoms with Crippen LogP contribution >= 0.6 is 11.3 Å². The molecule has 1 aromatic rings. The molecule has 0 aromatic carbocycles. The number of thiophene rings is 1. The Labute approximate surface area is 117 Å². The summed E-state index contributed by atoms with van der Waals surface area (Å²) in [6, 6.07) is 0. The van der Waals surface area contributed by atoms with Gasteiger partial charge in [0.05, 0.1) is 17.7 Å². The summed E-state index contributed by atoms with van der Waals surface area (Å²) in [7, 11) is -2.24. The molecule has 6 nitrogen and oxygen atoms in total. The summed E-state index contributed by atoms with van der Waals surface area (Å²) in [6.07, 6.45) is 0. The highest BCUT2D eigenvalue weighted by Gasteiger charge is 2.25. The topological polar surface area (TPSA) is 98.5 Å². The fraction of sp³-hybridized carbons (Fsp3) is 0.545. The van der Waals surface area contributed by atoms with E-state index >= 15 is 0 Å². The van der Waals surface area contributed by atoms with Gasteiger partial charge in [-0.05, 0) is 26.3 Å². The van der Waals surface area contributed by atoms with Crippen LogP contribution in [0.5, 0.6) is 0 Å². The number of primary sulfonamides is 1. The molecular formula is C11H18N2O4S2. The average Bonchev–Trinajstić information content (AvgIpc) is 2.58. The van der Waals surface area contributed by atoms with Crippen LogP contribution in [-0.4, -0.2) is 33.6 Å². The second-order valence-corrected chi connectivity index (χ2v) is 7.51. The minimum absolute atomic E-state index is 0.0159. The van der Waals surface area contributed by atoms with Gasteiger partial charge in [-0.1, -0.05) is 0 Å². The highest BCUT2D eigenvalue weighted by Crippen LogP contribution is 2.25. The van der Waals surface area contributed by atoms with E-state index in [0.717, 1.165) is 11.3 Å². The van der Waals surface area contributed by atoms with Crippen molar-refractivity contribution in [1.82, 2.24) is 5.32 Å². The highest BCUT2D eigenvalue weighted by molar-refractivity contribution is 7.91.